The van der Waals surface area contributed by atoms with Gasteiger partial charge in [0.25, 0.3) is 6.85 Å². The van der Waals surface area contributed by atoms with Crippen molar-refractivity contribution in [2.45, 2.75) is 25.6 Å². The van der Waals surface area contributed by atoms with Gasteiger partial charge in [-0.1, -0.05) is 23.7 Å². The Hall–Kier alpha value is -1.38. The summed E-state index contributed by atoms with van der Waals surface area (Å²) in [6.45, 7) is 0.528. The van der Waals surface area contributed by atoms with Gasteiger partial charge in [0.1, 0.15) is 0 Å². The van der Waals surface area contributed by atoms with Gasteiger partial charge < -0.3 is 10.5 Å². The molecular weight excluding hydrogens is 183 g/mol. The Morgan fingerprint density at radius 1 is 1.27 bits per heavy atom. The Kier molecular flexibility index (Phi) is 1.98. The lowest BCUT2D eigenvalue weighted by molar-refractivity contribution is 0.659. The molecule has 3 heteroatoms. The highest BCUT2D eigenvalue weighted by molar-refractivity contribution is 6.65. The van der Waals surface area contributed by atoms with Crippen molar-refractivity contribution in [2.24, 2.45) is 5.73 Å². The second-order valence-corrected chi connectivity index (χ2v) is 4.38. The summed E-state index contributed by atoms with van der Waals surface area (Å²) in [5.41, 5.74) is 9.00. The van der Waals surface area contributed by atoms with Crippen LogP contribution in [-0.4, -0.2) is 11.7 Å². The summed E-state index contributed by atoms with van der Waals surface area (Å²) in [5, 5.41) is 0. The summed E-state index contributed by atoms with van der Waals surface area (Å²) >= 11 is 0. The lowest BCUT2D eigenvalue weighted by Gasteiger charge is -2.37. The number of hydrogen-bond donors (Lipinski definition) is 1. The van der Waals surface area contributed by atoms with Crippen molar-refractivity contribution in [1.29, 1.82) is 0 Å². The molecule has 0 bridgehead atoms. The van der Waals surface area contributed by atoms with Crippen LogP contribution in [0.4, 0.5) is 0 Å². The average Bonchev–Trinajstić information content (AvgIpc) is 2.30. The van der Waals surface area contributed by atoms with Gasteiger partial charge in [0.15, 0.2) is 0 Å². The number of nitrogens with two attached hydrogens (primary N) is 1. The van der Waals surface area contributed by atoms with E-state index in [0.717, 1.165) is 5.82 Å². The highest BCUT2D eigenvalue weighted by atomic mass is 15.1. The van der Waals surface area contributed by atoms with E-state index in [1.165, 1.54) is 31.2 Å². The molecule has 2 heterocycles. The van der Waals surface area contributed by atoms with E-state index >= 15 is 0 Å². The summed E-state index contributed by atoms with van der Waals surface area (Å²) in [6, 6.07) is 0. The van der Waals surface area contributed by atoms with E-state index in [9.17, 15) is 0 Å². The van der Waals surface area contributed by atoms with E-state index in [0.29, 0.717) is 6.85 Å². The Morgan fingerprint density at radius 3 is 3.13 bits per heavy atom. The van der Waals surface area contributed by atoms with Crippen molar-refractivity contribution >= 4 is 6.85 Å². The molecule has 2 nitrogen and oxygen atoms in total. The van der Waals surface area contributed by atoms with Crippen LogP contribution in [0.3, 0.4) is 0 Å². The molecule has 3 aliphatic rings. The summed E-state index contributed by atoms with van der Waals surface area (Å²) < 4.78 is 0. The van der Waals surface area contributed by atoms with Crippen molar-refractivity contribution < 1.29 is 0 Å². The standard InChI is InChI=1S/C12H15BN2/c14-12-9-10-5-1-2-6-11(10)13-7-3-4-8-15(12)13/h1,4-5,8-9H,2-3,6-7,14H2. The largest absolute Gasteiger partial charge is 0.386 e. The molecule has 76 valence electrons. The topological polar surface area (TPSA) is 29.3 Å². The zero-order valence-electron chi connectivity index (χ0n) is 8.82. The maximum absolute atomic E-state index is 6.06. The maximum atomic E-state index is 6.06. The SMILES string of the molecule is NC1=CC2=C(CCC=C2)B2CCC=CN21. The van der Waals surface area contributed by atoms with E-state index in [2.05, 4.69) is 35.3 Å². The van der Waals surface area contributed by atoms with Crippen LogP contribution in [-0.2, 0) is 0 Å². The smallest absolute Gasteiger partial charge is 0.291 e. The Balaban J connectivity index is 2.06. The Bertz CT molecular complexity index is 404. The van der Waals surface area contributed by atoms with E-state index in [4.69, 9.17) is 5.73 Å². The van der Waals surface area contributed by atoms with Crippen LogP contribution in [0.5, 0.6) is 0 Å². The fourth-order valence-corrected chi connectivity index (χ4v) is 2.73. The van der Waals surface area contributed by atoms with Crippen LogP contribution >= 0.6 is 0 Å². The molecule has 0 aromatic heterocycles. The van der Waals surface area contributed by atoms with Crippen LogP contribution in [0.1, 0.15) is 19.3 Å². The molecule has 3 rings (SSSR count). The van der Waals surface area contributed by atoms with E-state index in [1.807, 2.05) is 0 Å². The van der Waals surface area contributed by atoms with Crippen LogP contribution in [0.2, 0.25) is 6.32 Å². The van der Waals surface area contributed by atoms with E-state index in [-0.39, 0.29) is 0 Å². The maximum Gasteiger partial charge on any atom is 0.291 e. The van der Waals surface area contributed by atoms with Crippen molar-refractivity contribution in [1.82, 2.24) is 4.81 Å². The summed E-state index contributed by atoms with van der Waals surface area (Å²) in [6.07, 6.45) is 15.7. The molecule has 0 saturated heterocycles. The molecule has 0 amide bonds. The normalized spacial score (nSPS) is 23.9. The van der Waals surface area contributed by atoms with Gasteiger partial charge in [0.05, 0.1) is 5.82 Å². The third-order valence-corrected chi connectivity index (χ3v) is 3.46. The molecule has 0 atom stereocenters. The Labute approximate surface area is 90.9 Å². The highest BCUT2D eigenvalue weighted by Gasteiger charge is 2.33. The van der Waals surface area contributed by atoms with Crippen molar-refractivity contribution in [2.75, 3.05) is 0 Å². The fourth-order valence-electron chi connectivity index (χ4n) is 2.73. The molecule has 0 spiro atoms. The fraction of sp³-hybridized carbons (Fsp3) is 0.333. The number of hydrogen-bond acceptors (Lipinski definition) is 2. The quantitative estimate of drug-likeness (QED) is 0.604. The molecule has 15 heavy (non-hydrogen) atoms. The summed E-state index contributed by atoms with van der Waals surface area (Å²) in [7, 11) is 0. The number of allylic oxidation sites excluding steroid dienone is 6. The van der Waals surface area contributed by atoms with Gasteiger partial charge in [-0.25, -0.2) is 0 Å². The summed E-state index contributed by atoms with van der Waals surface area (Å²) in [5.74, 6) is 0.890. The molecule has 1 aliphatic carbocycles. The lowest BCUT2D eigenvalue weighted by atomic mass is 9.46. The zero-order valence-corrected chi connectivity index (χ0v) is 8.82. The second kappa shape index (κ2) is 3.33. The van der Waals surface area contributed by atoms with Gasteiger partial charge in [0.2, 0.25) is 0 Å². The molecule has 0 radical (unpaired) electrons. The first-order valence-corrected chi connectivity index (χ1v) is 5.68. The monoisotopic (exact) mass is 198 g/mol. The predicted molar refractivity (Wildman–Crippen MR) is 63.8 cm³/mol. The van der Waals surface area contributed by atoms with Crippen LogP contribution in [0.15, 0.2) is 47.4 Å². The lowest BCUT2D eigenvalue weighted by Crippen LogP contribution is -2.43. The number of rotatable bonds is 0. The molecular formula is C12H15BN2. The molecule has 0 fully saturated rings. The second-order valence-electron chi connectivity index (χ2n) is 4.38. The first kappa shape index (κ1) is 8.90. The molecule has 0 aromatic rings. The van der Waals surface area contributed by atoms with Crippen molar-refractivity contribution in [3.8, 4) is 0 Å². The van der Waals surface area contributed by atoms with Gasteiger partial charge in [-0.3, -0.25) is 0 Å². The van der Waals surface area contributed by atoms with Gasteiger partial charge in [-0.15, -0.1) is 0 Å². The first-order valence-electron chi connectivity index (χ1n) is 5.68. The number of fused-ring (bicyclic) bond motifs is 2. The minimum absolute atomic E-state index is 0.528. The third kappa shape index (κ3) is 1.34. The van der Waals surface area contributed by atoms with Gasteiger partial charge >= 0.3 is 0 Å². The Morgan fingerprint density at radius 2 is 2.20 bits per heavy atom. The molecule has 0 unspecified atom stereocenters. The molecule has 2 aliphatic heterocycles. The van der Waals surface area contributed by atoms with Crippen molar-refractivity contribution in [3.05, 3.63) is 47.4 Å². The molecule has 0 saturated carbocycles. The van der Waals surface area contributed by atoms with Crippen LogP contribution < -0.4 is 5.73 Å². The third-order valence-electron chi connectivity index (χ3n) is 3.46. The summed E-state index contributed by atoms with van der Waals surface area (Å²) in [4.78, 5) is 2.22. The first-order chi connectivity index (χ1) is 7.36. The highest BCUT2D eigenvalue weighted by Crippen LogP contribution is 2.33. The molecule has 2 N–H and O–H groups in total. The van der Waals surface area contributed by atoms with Gasteiger partial charge in [-0.05, 0) is 43.4 Å². The minimum Gasteiger partial charge on any atom is -0.386 e. The molecule has 0 aromatic carbocycles. The van der Waals surface area contributed by atoms with E-state index < -0.39 is 0 Å². The van der Waals surface area contributed by atoms with Crippen molar-refractivity contribution in [3.63, 3.8) is 0 Å². The zero-order chi connectivity index (χ0) is 10.3. The number of nitrogens with zero attached hydrogens (tertiary/aromatic N) is 1. The van der Waals surface area contributed by atoms with E-state index in [1.54, 1.807) is 5.47 Å². The van der Waals surface area contributed by atoms with Gasteiger partial charge in [-0.2, -0.15) is 0 Å². The van der Waals surface area contributed by atoms with Gasteiger partial charge in [0, 0.05) is 0 Å². The average molecular weight is 198 g/mol. The minimum atomic E-state index is 0.528. The van der Waals surface area contributed by atoms with Crippen LogP contribution in [0, 0.1) is 0 Å². The predicted octanol–water partition coefficient (Wildman–Crippen LogP) is 2.20. The van der Waals surface area contributed by atoms with Crippen LogP contribution in [0.25, 0.3) is 0 Å².